The number of rotatable bonds is 6. The van der Waals surface area contributed by atoms with Crippen LogP contribution in [-0.2, 0) is 17.9 Å². The molecule has 7 nitrogen and oxygen atoms in total. The quantitative estimate of drug-likeness (QED) is 0.665. The summed E-state index contributed by atoms with van der Waals surface area (Å²) in [5.41, 5.74) is 2.38. The van der Waals surface area contributed by atoms with Crippen molar-refractivity contribution in [3.05, 3.63) is 83.8 Å². The number of benzene rings is 1. The van der Waals surface area contributed by atoms with E-state index in [1.807, 2.05) is 54.6 Å². The molecule has 2 aliphatic rings. The molecule has 1 aliphatic carbocycles. The highest BCUT2D eigenvalue weighted by atomic mass is 16.2. The van der Waals surface area contributed by atoms with Crippen molar-refractivity contribution < 1.29 is 9.59 Å². The summed E-state index contributed by atoms with van der Waals surface area (Å²) in [7, 11) is 0. The second-order valence-electron chi connectivity index (χ2n) is 7.66. The number of pyridine rings is 2. The molecule has 0 spiro atoms. The van der Waals surface area contributed by atoms with Crippen LogP contribution in [-0.4, -0.2) is 32.2 Å². The topological polar surface area (TPSA) is 87.2 Å². The van der Waals surface area contributed by atoms with E-state index in [1.54, 1.807) is 17.3 Å². The Morgan fingerprint density at radius 2 is 1.80 bits per heavy atom. The second kappa shape index (κ2) is 7.26. The van der Waals surface area contributed by atoms with Gasteiger partial charge in [0.25, 0.3) is 5.91 Å². The van der Waals surface area contributed by atoms with Crippen molar-refractivity contribution in [2.24, 2.45) is 0 Å². The number of carbonyl (C=O) groups is 2. The normalized spacial score (nSPS) is 16.1. The van der Waals surface area contributed by atoms with Crippen LogP contribution in [0.5, 0.6) is 0 Å². The molecule has 30 heavy (non-hydrogen) atoms. The van der Waals surface area contributed by atoms with Crippen molar-refractivity contribution in [2.75, 3.05) is 5.32 Å². The van der Waals surface area contributed by atoms with E-state index in [2.05, 4.69) is 20.6 Å². The number of nitrogens with one attached hydrogen (secondary N) is 2. The third-order valence-corrected chi connectivity index (χ3v) is 5.67. The van der Waals surface area contributed by atoms with Crippen molar-refractivity contribution in [3.63, 3.8) is 0 Å². The molecule has 0 atom stereocenters. The van der Waals surface area contributed by atoms with Crippen molar-refractivity contribution in [1.82, 2.24) is 20.2 Å². The average molecular weight is 399 g/mol. The van der Waals surface area contributed by atoms with Crippen LogP contribution in [0.25, 0.3) is 0 Å². The molecule has 0 saturated heterocycles. The van der Waals surface area contributed by atoms with Gasteiger partial charge in [0.2, 0.25) is 5.91 Å². The summed E-state index contributed by atoms with van der Waals surface area (Å²) in [6, 6.07) is 17.2. The fourth-order valence-electron chi connectivity index (χ4n) is 3.85. The minimum atomic E-state index is -0.759. The lowest BCUT2D eigenvalue weighted by molar-refractivity contribution is -0.127. The number of fused-ring (bicyclic) bond motifs is 1. The van der Waals surface area contributed by atoms with Gasteiger partial charge < -0.3 is 15.5 Å². The van der Waals surface area contributed by atoms with E-state index in [-0.39, 0.29) is 11.8 Å². The highest BCUT2D eigenvalue weighted by Crippen LogP contribution is 2.46. The van der Waals surface area contributed by atoms with Gasteiger partial charge in [-0.05, 0) is 36.6 Å². The van der Waals surface area contributed by atoms with Gasteiger partial charge in [-0.25, -0.2) is 4.98 Å². The summed E-state index contributed by atoms with van der Waals surface area (Å²) < 4.78 is 0. The molecule has 5 rings (SSSR count). The number of aromatic nitrogens is 2. The Bertz CT molecular complexity index is 1100. The van der Waals surface area contributed by atoms with Gasteiger partial charge in [-0.3, -0.25) is 14.6 Å². The first kappa shape index (κ1) is 18.3. The summed E-state index contributed by atoms with van der Waals surface area (Å²) in [6.07, 6.45) is 4.73. The van der Waals surface area contributed by atoms with E-state index in [4.69, 9.17) is 0 Å². The smallest absolute Gasteiger partial charge is 0.274 e. The van der Waals surface area contributed by atoms with Crippen LogP contribution in [0.1, 0.15) is 34.5 Å². The molecule has 0 unspecified atom stereocenters. The van der Waals surface area contributed by atoms with Gasteiger partial charge in [-0.15, -0.1) is 0 Å². The van der Waals surface area contributed by atoms with Crippen molar-refractivity contribution in [3.8, 4) is 0 Å². The van der Waals surface area contributed by atoms with Crippen LogP contribution in [0.2, 0.25) is 0 Å². The zero-order chi connectivity index (χ0) is 20.6. The van der Waals surface area contributed by atoms with Crippen LogP contribution >= 0.6 is 0 Å². The van der Waals surface area contributed by atoms with E-state index in [0.717, 1.165) is 16.8 Å². The SMILES string of the molecule is O=C1c2nc(Nc3ccncc3)ccc2CN1C1(C(=O)NCc2ccccc2)CC1. The van der Waals surface area contributed by atoms with Crippen LogP contribution in [0.15, 0.2) is 67.0 Å². The van der Waals surface area contributed by atoms with Crippen LogP contribution in [0.3, 0.4) is 0 Å². The summed E-state index contributed by atoms with van der Waals surface area (Å²) in [6.45, 7) is 0.865. The van der Waals surface area contributed by atoms with Gasteiger partial charge in [0.05, 0.1) is 0 Å². The molecule has 2 N–H and O–H groups in total. The average Bonchev–Trinajstić information content (AvgIpc) is 3.53. The monoisotopic (exact) mass is 399 g/mol. The fourth-order valence-corrected chi connectivity index (χ4v) is 3.85. The van der Waals surface area contributed by atoms with Gasteiger partial charge in [-0.1, -0.05) is 36.4 Å². The minimum absolute atomic E-state index is 0.0948. The van der Waals surface area contributed by atoms with E-state index < -0.39 is 5.54 Å². The van der Waals surface area contributed by atoms with Gasteiger partial charge in [0.1, 0.15) is 17.1 Å². The molecule has 1 saturated carbocycles. The number of hydrogen-bond acceptors (Lipinski definition) is 5. The molecule has 3 heterocycles. The largest absolute Gasteiger partial charge is 0.350 e. The van der Waals surface area contributed by atoms with Gasteiger partial charge in [0.15, 0.2) is 0 Å². The lowest BCUT2D eigenvalue weighted by atomic mass is 10.2. The third kappa shape index (κ3) is 3.28. The summed E-state index contributed by atoms with van der Waals surface area (Å²) >= 11 is 0. The summed E-state index contributed by atoms with van der Waals surface area (Å²) in [5, 5.41) is 6.18. The second-order valence-corrected chi connectivity index (χ2v) is 7.66. The standard InChI is InChI=1S/C23H21N5O2/c29-21-20-17(6-7-19(27-20)26-18-8-12-24-13-9-18)15-28(21)23(10-11-23)22(30)25-14-16-4-2-1-3-5-16/h1-9,12-13H,10-11,14-15H2,(H,25,30)(H,24,26,27). The number of amides is 2. The first-order chi connectivity index (χ1) is 14.7. The van der Waals surface area contributed by atoms with Crippen LogP contribution in [0, 0.1) is 0 Å². The molecule has 1 aromatic carbocycles. The Balaban J connectivity index is 1.30. The highest BCUT2D eigenvalue weighted by molar-refractivity contribution is 6.02. The Morgan fingerprint density at radius 3 is 2.53 bits per heavy atom. The lowest BCUT2D eigenvalue weighted by Crippen LogP contribution is -2.49. The predicted molar refractivity (Wildman–Crippen MR) is 112 cm³/mol. The maximum atomic E-state index is 13.1. The van der Waals surface area contributed by atoms with Gasteiger partial charge >= 0.3 is 0 Å². The summed E-state index contributed by atoms with van der Waals surface area (Å²) in [5.74, 6) is 0.312. The molecular formula is C23H21N5O2. The zero-order valence-electron chi connectivity index (χ0n) is 16.3. The van der Waals surface area contributed by atoms with Crippen LogP contribution < -0.4 is 10.6 Å². The maximum Gasteiger partial charge on any atom is 0.274 e. The highest BCUT2D eigenvalue weighted by Gasteiger charge is 2.58. The van der Waals surface area contributed by atoms with Crippen molar-refractivity contribution in [2.45, 2.75) is 31.5 Å². The number of carbonyl (C=O) groups excluding carboxylic acids is 2. The molecule has 1 fully saturated rings. The Morgan fingerprint density at radius 1 is 1.03 bits per heavy atom. The van der Waals surface area contributed by atoms with Crippen molar-refractivity contribution in [1.29, 1.82) is 0 Å². The third-order valence-electron chi connectivity index (χ3n) is 5.67. The lowest BCUT2D eigenvalue weighted by Gasteiger charge is -2.26. The molecule has 1 aliphatic heterocycles. The number of nitrogens with zero attached hydrogens (tertiary/aromatic N) is 3. The maximum absolute atomic E-state index is 13.1. The Labute approximate surface area is 174 Å². The van der Waals surface area contributed by atoms with E-state index in [1.165, 1.54) is 0 Å². The van der Waals surface area contributed by atoms with E-state index >= 15 is 0 Å². The Kier molecular flexibility index (Phi) is 4.43. The minimum Gasteiger partial charge on any atom is -0.350 e. The molecule has 0 radical (unpaired) electrons. The first-order valence-electron chi connectivity index (χ1n) is 9.97. The molecule has 7 heteroatoms. The zero-order valence-corrected chi connectivity index (χ0v) is 16.3. The molecule has 2 amide bonds. The molecule has 150 valence electrons. The van der Waals surface area contributed by atoms with Crippen molar-refractivity contribution >= 4 is 23.3 Å². The van der Waals surface area contributed by atoms with E-state index in [9.17, 15) is 9.59 Å². The summed E-state index contributed by atoms with van der Waals surface area (Å²) in [4.78, 5) is 36.3. The molecule has 0 bridgehead atoms. The fraction of sp³-hybridized carbons (Fsp3) is 0.217. The molecule has 2 aromatic heterocycles. The predicted octanol–water partition coefficient (Wildman–Crippen LogP) is 3.03. The molecular weight excluding hydrogens is 378 g/mol. The van der Waals surface area contributed by atoms with Gasteiger partial charge in [0, 0.05) is 36.7 Å². The first-order valence-corrected chi connectivity index (χ1v) is 9.97. The van der Waals surface area contributed by atoms with Gasteiger partial charge in [-0.2, -0.15) is 0 Å². The molecule has 3 aromatic rings. The van der Waals surface area contributed by atoms with Crippen LogP contribution in [0.4, 0.5) is 11.5 Å². The Hall–Kier alpha value is -3.74. The van der Waals surface area contributed by atoms with E-state index in [0.29, 0.717) is 37.4 Å². The number of anilines is 2. The number of hydrogen-bond donors (Lipinski definition) is 2.